The van der Waals surface area contributed by atoms with Crippen molar-refractivity contribution in [3.63, 3.8) is 0 Å². The molecule has 0 saturated heterocycles. The Morgan fingerprint density at radius 2 is 2.35 bits per heavy atom. The van der Waals surface area contributed by atoms with Gasteiger partial charge in [0.15, 0.2) is 5.16 Å². The largest absolute Gasteiger partial charge is 0.301 e. The molecule has 0 aliphatic rings. The van der Waals surface area contributed by atoms with Gasteiger partial charge in [-0.3, -0.25) is 9.48 Å². The lowest BCUT2D eigenvalue weighted by atomic mass is 10.4. The number of nitrogens with zero attached hydrogens (tertiary/aromatic N) is 3. The van der Waals surface area contributed by atoms with E-state index >= 15 is 0 Å². The average Bonchev–Trinajstić information content (AvgIpc) is 2.51. The van der Waals surface area contributed by atoms with Gasteiger partial charge in [-0.15, -0.1) is 0 Å². The molecule has 0 aliphatic carbocycles. The van der Waals surface area contributed by atoms with Crippen LogP contribution in [0, 0.1) is 6.92 Å². The summed E-state index contributed by atoms with van der Waals surface area (Å²) in [5.41, 5.74) is 1.89. The highest BCUT2D eigenvalue weighted by molar-refractivity contribution is 9.10. The number of H-pyrrole nitrogens is 1. The fourth-order valence-corrected chi connectivity index (χ4v) is 2.97. The Kier molecular flexibility index (Phi) is 3.68. The monoisotopic (exact) mass is 314 g/mol. The summed E-state index contributed by atoms with van der Waals surface area (Å²) in [6.07, 6.45) is 1.50. The van der Waals surface area contributed by atoms with Crippen molar-refractivity contribution in [1.82, 2.24) is 19.7 Å². The highest BCUT2D eigenvalue weighted by atomic mass is 79.9. The summed E-state index contributed by atoms with van der Waals surface area (Å²) in [6.45, 7) is 1.95. The second-order valence-electron chi connectivity index (χ2n) is 3.50. The van der Waals surface area contributed by atoms with Crippen molar-refractivity contribution in [1.29, 1.82) is 0 Å². The van der Waals surface area contributed by atoms with E-state index in [-0.39, 0.29) is 5.56 Å². The predicted molar refractivity (Wildman–Crippen MR) is 70.1 cm³/mol. The van der Waals surface area contributed by atoms with E-state index in [1.54, 1.807) is 0 Å². The number of halogens is 1. The Labute approximate surface area is 111 Å². The number of nitrogens with one attached hydrogen (secondary N) is 1. The minimum atomic E-state index is -0.136. The molecule has 0 fully saturated rings. The van der Waals surface area contributed by atoms with E-state index in [4.69, 9.17) is 0 Å². The van der Waals surface area contributed by atoms with Crippen LogP contribution in [0.5, 0.6) is 0 Å². The third kappa shape index (κ3) is 2.78. The van der Waals surface area contributed by atoms with Crippen LogP contribution in [0.1, 0.15) is 11.4 Å². The van der Waals surface area contributed by atoms with E-state index in [0.717, 1.165) is 15.9 Å². The SMILES string of the molecule is Cc1nn(C)c(CSc2nccc(=O)[nH]2)c1Br. The summed E-state index contributed by atoms with van der Waals surface area (Å²) in [6, 6.07) is 1.40. The first kappa shape index (κ1) is 12.4. The molecule has 17 heavy (non-hydrogen) atoms. The Hall–Kier alpha value is -1.08. The molecule has 0 radical (unpaired) electrons. The van der Waals surface area contributed by atoms with Crippen molar-refractivity contribution in [2.45, 2.75) is 17.8 Å². The maximum atomic E-state index is 11.1. The second-order valence-corrected chi connectivity index (χ2v) is 5.25. The highest BCUT2D eigenvalue weighted by Crippen LogP contribution is 2.26. The minimum absolute atomic E-state index is 0.136. The molecule has 5 nitrogen and oxygen atoms in total. The molecule has 0 unspecified atom stereocenters. The number of thioether (sulfide) groups is 1. The molecule has 90 valence electrons. The van der Waals surface area contributed by atoms with Gasteiger partial charge in [-0.25, -0.2) is 4.98 Å². The van der Waals surface area contributed by atoms with Crippen LogP contribution in [0.15, 0.2) is 26.7 Å². The van der Waals surface area contributed by atoms with E-state index in [1.165, 1.54) is 24.0 Å². The first-order chi connectivity index (χ1) is 8.08. The van der Waals surface area contributed by atoms with Gasteiger partial charge in [0.1, 0.15) is 0 Å². The molecule has 0 saturated carbocycles. The van der Waals surface area contributed by atoms with Crippen molar-refractivity contribution in [3.8, 4) is 0 Å². The van der Waals surface area contributed by atoms with Crippen LogP contribution in [-0.4, -0.2) is 19.7 Å². The van der Waals surface area contributed by atoms with Gasteiger partial charge in [0, 0.05) is 25.1 Å². The van der Waals surface area contributed by atoms with Crippen molar-refractivity contribution in [2.75, 3.05) is 0 Å². The number of aromatic nitrogens is 4. The molecular formula is C10H11BrN4OS. The minimum Gasteiger partial charge on any atom is -0.301 e. The lowest BCUT2D eigenvalue weighted by Gasteiger charge is -2.02. The second kappa shape index (κ2) is 5.05. The Balaban J connectivity index is 2.15. The van der Waals surface area contributed by atoms with E-state index in [2.05, 4.69) is 31.0 Å². The molecule has 0 aliphatic heterocycles. The Morgan fingerprint density at radius 1 is 1.59 bits per heavy atom. The molecule has 0 bridgehead atoms. The fourth-order valence-electron chi connectivity index (χ4n) is 1.40. The van der Waals surface area contributed by atoms with Gasteiger partial charge < -0.3 is 4.98 Å². The smallest absolute Gasteiger partial charge is 0.251 e. The third-order valence-electron chi connectivity index (χ3n) is 2.26. The molecule has 2 aromatic rings. The van der Waals surface area contributed by atoms with Gasteiger partial charge in [0.05, 0.1) is 15.9 Å². The number of hydrogen-bond donors (Lipinski definition) is 1. The van der Waals surface area contributed by atoms with Crippen LogP contribution < -0.4 is 5.56 Å². The van der Waals surface area contributed by atoms with E-state index in [1.807, 2.05) is 18.7 Å². The summed E-state index contributed by atoms with van der Waals surface area (Å²) in [5, 5.41) is 4.92. The number of rotatable bonds is 3. The molecule has 2 rings (SSSR count). The predicted octanol–water partition coefficient (Wildman–Crippen LogP) is 1.87. The number of aryl methyl sites for hydroxylation is 2. The quantitative estimate of drug-likeness (QED) is 0.694. The van der Waals surface area contributed by atoms with Crippen LogP contribution in [0.3, 0.4) is 0 Å². The molecule has 0 atom stereocenters. The number of aromatic amines is 1. The molecule has 0 spiro atoms. The van der Waals surface area contributed by atoms with Crippen molar-refractivity contribution < 1.29 is 0 Å². The third-order valence-corrected chi connectivity index (χ3v) is 4.19. The van der Waals surface area contributed by atoms with Gasteiger partial charge in [-0.2, -0.15) is 5.10 Å². The zero-order valence-corrected chi connectivity index (χ0v) is 11.8. The fraction of sp³-hybridized carbons (Fsp3) is 0.300. The van der Waals surface area contributed by atoms with Crippen LogP contribution in [-0.2, 0) is 12.8 Å². The standard InChI is InChI=1S/C10H11BrN4OS/c1-6-9(11)7(15(2)14-6)5-17-10-12-4-3-8(16)13-10/h3-4H,5H2,1-2H3,(H,12,13,16). The van der Waals surface area contributed by atoms with Crippen molar-refractivity contribution in [3.05, 3.63) is 38.5 Å². The van der Waals surface area contributed by atoms with Crippen molar-refractivity contribution >= 4 is 27.7 Å². The lowest BCUT2D eigenvalue weighted by Crippen LogP contribution is -2.05. The van der Waals surface area contributed by atoms with Gasteiger partial charge in [-0.05, 0) is 22.9 Å². The molecule has 2 heterocycles. The molecule has 0 amide bonds. The zero-order chi connectivity index (χ0) is 12.4. The normalized spacial score (nSPS) is 10.8. The molecule has 0 aromatic carbocycles. The van der Waals surface area contributed by atoms with Crippen LogP contribution in [0.25, 0.3) is 0 Å². The molecular weight excluding hydrogens is 304 g/mol. The highest BCUT2D eigenvalue weighted by Gasteiger charge is 2.11. The summed E-state index contributed by atoms with van der Waals surface area (Å²) in [7, 11) is 1.90. The van der Waals surface area contributed by atoms with Crippen LogP contribution in [0.4, 0.5) is 0 Å². The number of hydrogen-bond acceptors (Lipinski definition) is 4. The van der Waals surface area contributed by atoms with Crippen molar-refractivity contribution in [2.24, 2.45) is 7.05 Å². The topological polar surface area (TPSA) is 63.6 Å². The van der Waals surface area contributed by atoms with E-state index in [0.29, 0.717) is 10.9 Å². The Morgan fingerprint density at radius 3 is 2.94 bits per heavy atom. The summed E-state index contributed by atoms with van der Waals surface area (Å²) < 4.78 is 2.83. The average molecular weight is 315 g/mol. The van der Waals surface area contributed by atoms with Gasteiger partial charge in [0.25, 0.3) is 5.56 Å². The summed E-state index contributed by atoms with van der Waals surface area (Å²) in [4.78, 5) is 17.9. The van der Waals surface area contributed by atoms with E-state index in [9.17, 15) is 4.79 Å². The lowest BCUT2D eigenvalue weighted by molar-refractivity contribution is 0.726. The molecule has 7 heteroatoms. The molecule has 2 aromatic heterocycles. The van der Waals surface area contributed by atoms with Gasteiger partial charge in [-0.1, -0.05) is 11.8 Å². The van der Waals surface area contributed by atoms with Gasteiger partial charge in [0.2, 0.25) is 0 Å². The first-order valence-corrected chi connectivity index (χ1v) is 6.72. The summed E-state index contributed by atoms with van der Waals surface area (Å²) in [5.74, 6) is 0.699. The first-order valence-electron chi connectivity index (χ1n) is 4.94. The van der Waals surface area contributed by atoms with E-state index < -0.39 is 0 Å². The zero-order valence-electron chi connectivity index (χ0n) is 9.40. The maximum absolute atomic E-state index is 11.1. The van der Waals surface area contributed by atoms with Crippen LogP contribution >= 0.6 is 27.7 Å². The summed E-state index contributed by atoms with van der Waals surface area (Å²) >= 11 is 4.97. The maximum Gasteiger partial charge on any atom is 0.251 e. The molecule has 1 N–H and O–H groups in total. The van der Waals surface area contributed by atoms with Gasteiger partial charge >= 0.3 is 0 Å². The Bertz CT molecular complexity index is 592. The van der Waals surface area contributed by atoms with Crippen LogP contribution in [0.2, 0.25) is 0 Å².